The molecule has 0 amide bonds. The third-order valence-corrected chi connectivity index (χ3v) is 3.41. The van der Waals surface area contributed by atoms with Gasteiger partial charge in [0.05, 0.1) is 0 Å². The summed E-state index contributed by atoms with van der Waals surface area (Å²) in [5.41, 5.74) is 0.985. The summed E-state index contributed by atoms with van der Waals surface area (Å²) < 4.78 is 0. The zero-order valence-electron chi connectivity index (χ0n) is 9.20. The fraction of sp³-hybridized carbons (Fsp3) is 1.00. The van der Waals surface area contributed by atoms with E-state index in [9.17, 15) is 0 Å². The highest BCUT2D eigenvalue weighted by molar-refractivity contribution is 4.91. The van der Waals surface area contributed by atoms with Crippen LogP contribution in [0.4, 0.5) is 0 Å². The summed E-state index contributed by atoms with van der Waals surface area (Å²) in [7, 11) is 0. The van der Waals surface area contributed by atoms with E-state index in [1.54, 1.807) is 0 Å². The van der Waals surface area contributed by atoms with Gasteiger partial charge in [0.25, 0.3) is 0 Å². The van der Waals surface area contributed by atoms with Gasteiger partial charge in [-0.15, -0.1) is 0 Å². The first-order chi connectivity index (χ1) is 5.36. The average Bonchev–Trinajstić information content (AvgIpc) is 1.83. The topological polar surface area (TPSA) is 12.0 Å². The van der Waals surface area contributed by atoms with Crippen LogP contribution >= 0.6 is 0 Å². The van der Waals surface area contributed by atoms with Gasteiger partial charge in [-0.1, -0.05) is 34.6 Å². The van der Waals surface area contributed by atoms with Crippen LogP contribution in [0.5, 0.6) is 0 Å². The summed E-state index contributed by atoms with van der Waals surface area (Å²) in [5, 5.41) is 3.55. The maximum atomic E-state index is 3.55. The van der Waals surface area contributed by atoms with E-state index in [4.69, 9.17) is 0 Å². The largest absolute Gasteiger partial charge is 0.316 e. The molecule has 1 heterocycles. The van der Waals surface area contributed by atoms with Crippen molar-refractivity contribution >= 4 is 0 Å². The summed E-state index contributed by atoms with van der Waals surface area (Å²) in [6.07, 6.45) is 1.35. The van der Waals surface area contributed by atoms with Gasteiger partial charge in [0.15, 0.2) is 0 Å². The van der Waals surface area contributed by atoms with Gasteiger partial charge in [0, 0.05) is 13.1 Å². The first-order valence-corrected chi connectivity index (χ1v) is 5.06. The van der Waals surface area contributed by atoms with Crippen LogP contribution in [0, 0.1) is 16.7 Å². The first-order valence-electron chi connectivity index (χ1n) is 5.06. The van der Waals surface area contributed by atoms with Crippen LogP contribution in [0.25, 0.3) is 0 Å². The Morgan fingerprint density at radius 3 is 2.00 bits per heavy atom. The molecule has 1 aliphatic heterocycles. The Kier molecular flexibility index (Phi) is 2.53. The molecule has 0 radical (unpaired) electrons. The average molecular weight is 169 g/mol. The molecule has 72 valence electrons. The van der Waals surface area contributed by atoms with Crippen molar-refractivity contribution in [3.8, 4) is 0 Å². The Hall–Kier alpha value is -0.0400. The fourth-order valence-corrected chi connectivity index (χ4v) is 2.31. The van der Waals surface area contributed by atoms with E-state index in [0.29, 0.717) is 10.8 Å². The van der Waals surface area contributed by atoms with Gasteiger partial charge in [-0.3, -0.25) is 0 Å². The van der Waals surface area contributed by atoms with Gasteiger partial charge in [-0.2, -0.15) is 0 Å². The maximum absolute atomic E-state index is 3.55. The van der Waals surface area contributed by atoms with Gasteiger partial charge >= 0.3 is 0 Å². The summed E-state index contributed by atoms with van der Waals surface area (Å²) >= 11 is 0. The minimum Gasteiger partial charge on any atom is -0.316 e. The van der Waals surface area contributed by atoms with Gasteiger partial charge < -0.3 is 5.32 Å². The first kappa shape index (κ1) is 10.0. The molecule has 1 rings (SSSR count). The Labute approximate surface area is 76.9 Å². The van der Waals surface area contributed by atoms with Gasteiger partial charge in [-0.05, 0) is 23.2 Å². The highest BCUT2D eigenvalue weighted by Gasteiger charge is 2.38. The van der Waals surface area contributed by atoms with E-state index in [-0.39, 0.29) is 0 Å². The number of nitrogens with one attached hydrogen (secondary N) is 1. The summed E-state index contributed by atoms with van der Waals surface area (Å²) in [6.45, 7) is 14.2. The lowest BCUT2D eigenvalue weighted by atomic mass is 9.66. The Balaban J connectivity index is 2.68. The molecule has 0 aromatic carbocycles. The summed E-state index contributed by atoms with van der Waals surface area (Å²) in [4.78, 5) is 0. The van der Waals surface area contributed by atoms with Crippen LogP contribution in [-0.4, -0.2) is 13.1 Å². The fourth-order valence-electron chi connectivity index (χ4n) is 2.31. The second kappa shape index (κ2) is 3.02. The van der Waals surface area contributed by atoms with E-state index < -0.39 is 0 Å². The van der Waals surface area contributed by atoms with Gasteiger partial charge in [0.2, 0.25) is 0 Å². The third kappa shape index (κ3) is 2.01. The molecule has 1 atom stereocenters. The van der Waals surface area contributed by atoms with Crippen molar-refractivity contribution in [2.24, 2.45) is 16.7 Å². The van der Waals surface area contributed by atoms with Crippen LogP contribution in [-0.2, 0) is 0 Å². The van der Waals surface area contributed by atoms with E-state index >= 15 is 0 Å². The van der Waals surface area contributed by atoms with Crippen molar-refractivity contribution in [2.75, 3.05) is 13.1 Å². The number of hydrogen-bond acceptors (Lipinski definition) is 1. The molecule has 0 saturated carbocycles. The van der Waals surface area contributed by atoms with Gasteiger partial charge in [-0.25, -0.2) is 0 Å². The molecule has 0 aromatic rings. The second-order valence-electron chi connectivity index (χ2n) is 5.75. The predicted molar refractivity (Wildman–Crippen MR) is 54.2 cm³/mol. The highest BCUT2D eigenvalue weighted by atomic mass is 14.9. The number of piperidine rings is 1. The van der Waals surface area contributed by atoms with Crippen molar-refractivity contribution in [3.63, 3.8) is 0 Å². The zero-order chi connectivity index (χ0) is 9.41. The predicted octanol–water partition coefficient (Wildman–Crippen LogP) is 2.67. The maximum Gasteiger partial charge on any atom is 0.000805 e. The Morgan fingerprint density at radius 2 is 1.67 bits per heavy atom. The molecule has 0 aromatic heterocycles. The summed E-state index contributed by atoms with van der Waals surface area (Å²) in [5.74, 6) is 0.782. The van der Waals surface area contributed by atoms with Crippen LogP contribution in [0.2, 0.25) is 0 Å². The van der Waals surface area contributed by atoms with E-state index in [0.717, 1.165) is 5.92 Å². The lowest BCUT2D eigenvalue weighted by molar-refractivity contribution is 0.0753. The number of hydrogen-bond donors (Lipinski definition) is 1. The minimum absolute atomic E-state index is 0.483. The second-order valence-corrected chi connectivity index (χ2v) is 5.75. The molecule has 1 unspecified atom stereocenters. The molecule has 1 heteroatoms. The van der Waals surface area contributed by atoms with Crippen LogP contribution in [0.15, 0.2) is 0 Å². The molecule has 1 aliphatic rings. The highest BCUT2D eigenvalue weighted by Crippen LogP contribution is 2.41. The SMILES string of the molecule is CC(C)C1(C)CNCC(C)(C)C1. The molecule has 1 saturated heterocycles. The zero-order valence-corrected chi connectivity index (χ0v) is 9.20. The van der Waals surface area contributed by atoms with E-state index in [2.05, 4.69) is 39.9 Å². The van der Waals surface area contributed by atoms with Crippen molar-refractivity contribution in [3.05, 3.63) is 0 Å². The Morgan fingerprint density at radius 1 is 1.08 bits per heavy atom. The van der Waals surface area contributed by atoms with Crippen LogP contribution < -0.4 is 5.32 Å². The molecule has 1 nitrogen and oxygen atoms in total. The smallest absolute Gasteiger partial charge is 0.000805 e. The lowest BCUT2D eigenvalue weighted by Crippen LogP contribution is -2.49. The quantitative estimate of drug-likeness (QED) is 0.636. The molecule has 12 heavy (non-hydrogen) atoms. The van der Waals surface area contributed by atoms with Crippen molar-refractivity contribution in [2.45, 2.75) is 41.0 Å². The normalized spacial score (nSPS) is 35.5. The van der Waals surface area contributed by atoms with E-state index in [1.807, 2.05) is 0 Å². The van der Waals surface area contributed by atoms with Crippen LogP contribution in [0.1, 0.15) is 41.0 Å². The summed E-state index contributed by atoms with van der Waals surface area (Å²) in [6, 6.07) is 0. The molecule has 0 aliphatic carbocycles. The van der Waals surface area contributed by atoms with Crippen LogP contribution in [0.3, 0.4) is 0 Å². The molecular formula is C11H23N. The van der Waals surface area contributed by atoms with E-state index in [1.165, 1.54) is 19.5 Å². The molecule has 0 spiro atoms. The number of rotatable bonds is 1. The minimum atomic E-state index is 0.483. The van der Waals surface area contributed by atoms with Crippen molar-refractivity contribution in [1.29, 1.82) is 0 Å². The lowest BCUT2D eigenvalue weighted by Gasteiger charge is -2.45. The molecular weight excluding hydrogens is 146 g/mol. The third-order valence-electron chi connectivity index (χ3n) is 3.41. The van der Waals surface area contributed by atoms with Crippen molar-refractivity contribution < 1.29 is 0 Å². The van der Waals surface area contributed by atoms with Crippen molar-refractivity contribution in [1.82, 2.24) is 5.32 Å². The molecule has 0 bridgehead atoms. The molecule has 1 N–H and O–H groups in total. The monoisotopic (exact) mass is 169 g/mol. The molecule has 1 fully saturated rings. The van der Waals surface area contributed by atoms with Gasteiger partial charge in [0.1, 0.15) is 0 Å². The Bertz CT molecular complexity index is 160. The standard InChI is InChI=1S/C11H23N/c1-9(2)11(5)6-10(3,4)7-12-8-11/h9,12H,6-8H2,1-5H3.